The molecule has 0 aliphatic carbocycles. The van der Waals surface area contributed by atoms with Crippen LogP contribution in [0.4, 0.5) is 0 Å². The van der Waals surface area contributed by atoms with E-state index < -0.39 is 0 Å². The number of fused-ring (bicyclic) bond motifs is 1. The number of methoxy groups -OCH3 is 1. The molecule has 0 saturated heterocycles. The lowest BCUT2D eigenvalue weighted by atomic mass is 10.4. The van der Waals surface area contributed by atoms with Gasteiger partial charge in [-0.1, -0.05) is 0 Å². The van der Waals surface area contributed by atoms with Gasteiger partial charge in [0, 0.05) is 25.1 Å². The zero-order chi connectivity index (χ0) is 9.26. The van der Waals surface area contributed by atoms with E-state index in [1.54, 1.807) is 24.0 Å². The van der Waals surface area contributed by atoms with Crippen molar-refractivity contribution in [1.29, 1.82) is 0 Å². The van der Waals surface area contributed by atoms with E-state index >= 15 is 0 Å². The summed E-state index contributed by atoms with van der Waals surface area (Å²) in [4.78, 5) is 4.23. The van der Waals surface area contributed by atoms with E-state index in [-0.39, 0.29) is 0 Å². The number of rotatable bonds is 2. The molecule has 2 aromatic heterocycles. The molecule has 0 atom stereocenters. The van der Waals surface area contributed by atoms with Crippen molar-refractivity contribution in [1.82, 2.24) is 14.6 Å². The predicted octanol–water partition coefficient (Wildman–Crippen LogP) is 1.64. The summed E-state index contributed by atoms with van der Waals surface area (Å²) in [5.41, 5.74) is 1.82. The first-order valence-corrected chi connectivity index (χ1v) is 4.57. The van der Waals surface area contributed by atoms with E-state index in [9.17, 15) is 0 Å². The second-order valence-electron chi connectivity index (χ2n) is 2.66. The molecule has 0 amide bonds. The maximum Gasteiger partial charge on any atom is 0.169 e. The Morgan fingerprint density at radius 3 is 3.15 bits per heavy atom. The lowest BCUT2D eigenvalue weighted by Crippen LogP contribution is -1.95. The van der Waals surface area contributed by atoms with Gasteiger partial charge in [-0.05, 0) is 15.9 Å². The second-order valence-corrected chi connectivity index (χ2v) is 3.51. The molecule has 0 aliphatic heterocycles. The Labute approximate surface area is 83.7 Å². The van der Waals surface area contributed by atoms with Gasteiger partial charge >= 0.3 is 0 Å². The van der Waals surface area contributed by atoms with Gasteiger partial charge in [0.1, 0.15) is 0 Å². The minimum atomic E-state index is 0.556. The molecule has 0 saturated carbocycles. The summed E-state index contributed by atoms with van der Waals surface area (Å²) < 4.78 is 7.61. The summed E-state index contributed by atoms with van der Waals surface area (Å²) in [6, 6.07) is 0. The molecule has 0 bridgehead atoms. The summed E-state index contributed by atoms with van der Waals surface area (Å²) in [6.45, 7) is 0.556. The fraction of sp³-hybridized carbons (Fsp3) is 0.250. The molecule has 2 rings (SSSR count). The third-order valence-electron chi connectivity index (χ3n) is 1.68. The van der Waals surface area contributed by atoms with Gasteiger partial charge in [-0.15, -0.1) is 0 Å². The van der Waals surface area contributed by atoms with E-state index in [2.05, 4.69) is 26.0 Å². The van der Waals surface area contributed by atoms with E-state index in [0.29, 0.717) is 6.61 Å². The SMILES string of the molecule is COCc1cnc2c(Br)cnn2c1. The Morgan fingerprint density at radius 2 is 2.38 bits per heavy atom. The summed E-state index contributed by atoms with van der Waals surface area (Å²) in [7, 11) is 1.66. The van der Waals surface area contributed by atoms with E-state index in [4.69, 9.17) is 4.74 Å². The van der Waals surface area contributed by atoms with Crippen molar-refractivity contribution in [3.63, 3.8) is 0 Å². The Balaban J connectivity index is 2.50. The average Bonchev–Trinajstić information content (AvgIpc) is 2.48. The van der Waals surface area contributed by atoms with E-state index in [0.717, 1.165) is 15.7 Å². The van der Waals surface area contributed by atoms with Crippen LogP contribution in [0.5, 0.6) is 0 Å². The molecule has 0 unspecified atom stereocenters. The van der Waals surface area contributed by atoms with Crippen LogP contribution in [0.1, 0.15) is 5.56 Å². The topological polar surface area (TPSA) is 39.4 Å². The van der Waals surface area contributed by atoms with Crippen LogP contribution in [-0.4, -0.2) is 21.7 Å². The maximum absolute atomic E-state index is 4.99. The van der Waals surface area contributed by atoms with Gasteiger partial charge in [0.15, 0.2) is 5.65 Å². The largest absolute Gasteiger partial charge is 0.380 e. The van der Waals surface area contributed by atoms with Crippen molar-refractivity contribution in [2.24, 2.45) is 0 Å². The van der Waals surface area contributed by atoms with Crippen LogP contribution in [0.15, 0.2) is 23.1 Å². The fourth-order valence-electron chi connectivity index (χ4n) is 1.13. The van der Waals surface area contributed by atoms with Crippen molar-refractivity contribution in [2.45, 2.75) is 6.61 Å². The van der Waals surface area contributed by atoms with Crippen LogP contribution in [0.2, 0.25) is 0 Å². The Bertz CT molecular complexity index is 426. The first-order valence-electron chi connectivity index (χ1n) is 3.78. The number of hydrogen-bond donors (Lipinski definition) is 0. The molecular weight excluding hydrogens is 234 g/mol. The average molecular weight is 242 g/mol. The summed E-state index contributed by atoms with van der Waals surface area (Å²) >= 11 is 3.35. The van der Waals surface area contributed by atoms with Crippen LogP contribution in [0.25, 0.3) is 5.65 Å². The van der Waals surface area contributed by atoms with Crippen molar-refractivity contribution < 1.29 is 4.74 Å². The summed E-state index contributed by atoms with van der Waals surface area (Å²) in [5.74, 6) is 0. The Kier molecular flexibility index (Phi) is 2.28. The molecule has 0 aromatic carbocycles. The van der Waals surface area contributed by atoms with Gasteiger partial charge in [0.05, 0.1) is 17.3 Å². The smallest absolute Gasteiger partial charge is 0.169 e. The van der Waals surface area contributed by atoms with Gasteiger partial charge in [-0.3, -0.25) is 0 Å². The number of nitrogens with zero attached hydrogens (tertiary/aromatic N) is 3. The Morgan fingerprint density at radius 1 is 1.54 bits per heavy atom. The van der Waals surface area contributed by atoms with Crippen LogP contribution in [0, 0.1) is 0 Å². The zero-order valence-electron chi connectivity index (χ0n) is 7.07. The number of ether oxygens (including phenoxy) is 1. The molecular formula is C8H8BrN3O. The van der Waals surface area contributed by atoms with E-state index in [1.165, 1.54) is 0 Å². The summed E-state index contributed by atoms with van der Waals surface area (Å²) in [6.07, 6.45) is 5.40. The van der Waals surface area contributed by atoms with Crippen LogP contribution in [0.3, 0.4) is 0 Å². The molecule has 4 nitrogen and oxygen atoms in total. The standard InChI is InChI=1S/C8H8BrN3O/c1-13-5-6-2-10-8-7(9)3-11-12(8)4-6/h2-4H,5H2,1H3. The minimum absolute atomic E-state index is 0.556. The van der Waals surface area contributed by atoms with Crippen molar-refractivity contribution >= 4 is 21.6 Å². The number of hydrogen-bond acceptors (Lipinski definition) is 3. The zero-order valence-corrected chi connectivity index (χ0v) is 8.65. The van der Waals surface area contributed by atoms with Gasteiger partial charge < -0.3 is 4.74 Å². The third kappa shape index (κ3) is 1.57. The maximum atomic E-state index is 4.99. The highest BCUT2D eigenvalue weighted by Crippen LogP contribution is 2.14. The lowest BCUT2D eigenvalue weighted by Gasteiger charge is -1.99. The highest BCUT2D eigenvalue weighted by molar-refractivity contribution is 9.10. The summed E-state index contributed by atoms with van der Waals surface area (Å²) in [5, 5.41) is 4.11. The van der Waals surface area contributed by atoms with Crippen molar-refractivity contribution in [2.75, 3.05) is 7.11 Å². The molecule has 5 heteroatoms. The number of halogens is 1. The Hall–Kier alpha value is -0.940. The van der Waals surface area contributed by atoms with Crippen LogP contribution in [-0.2, 0) is 11.3 Å². The molecule has 0 N–H and O–H groups in total. The molecule has 2 heterocycles. The second kappa shape index (κ2) is 3.43. The minimum Gasteiger partial charge on any atom is -0.380 e. The first-order chi connectivity index (χ1) is 6.31. The molecule has 0 spiro atoms. The van der Waals surface area contributed by atoms with Gasteiger partial charge in [-0.25, -0.2) is 9.50 Å². The van der Waals surface area contributed by atoms with Gasteiger partial charge in [0.2, 0.25) is 0 Å². The highest BCUT2D eigenvalue weighted by atomic mass is 79.9. The van der Waals surface area contributed by atoms with Crippen LogP contribution < -0.4 is 0 Å². The fourth-order valence-corrected chi connectivity index (χ4v) is 1.50. The van der Waals surface area contributed by atoms with Crippen molar-refractivity contribution in [3.8, 4) is 0 Å². The quantitative estimate of drug-likeness (QED) is 0.803. The first kappa shape index (κ1) is 8.65. The normalized spacial score (nSPS) is 10.9. The van der Waals surface area contributed by atoms with Gasteiger partial charge in [-0.2, -0.15) is 5.10 Å². The molecule has 0 aliphatic rings. The molecule has 0 radical (unpaired) electrons. The predicted molar refractivity (Wildman–Crippen MR) is 51.4 cm³/mol. The molecule has 68 valence electrons. The molecule has 0 fully saturated rings. The molecule has 2 aromatic rings. The third-order valence-corrected chi connectivity index (χ3v) is 2.24. The van der Waals surface area contributed by atoms with Crippen LogP contribution >= 0.6 is 15.9 Å². The number of aromatic nitrogens is 3. The lowest BCUT2D eigenvalue weighted by molar-refractivity contribution is 0.184. The van der Waals surface area contributed by atoms with Gasteiger partial charge in [0.25, 0.3) is 0 Å². The van der Waals surface area contributed by atoms with Crippen molar-refractivity contribution in [3.05, 3.63) is 28.6 Å². The monoisotopic (exact) mass is 241 g/mol. The van der Waals surface area contributed by atoms with E-state index in [1.807, 2.05) is 6.20 Å². The highest BCUT2D eigenvalue weighted by Gasteiger charge is 2.02. The molecule has 13 heavy (non-hydrogen) atoms.